The topological polar surface area (TPSA) is 71.3 Å². The Hall–Kier alpha value is -1.85. The third-order valence-corrected chi connectivity index (χ3v) is 3.63. The van der Waals surface area contributed by atoms with E-state index in [1.54, 1.807) is 13.1 Å². The highest BCUT2D eigenvalue weighted by molar-refractivity contribution is 5.62. The van der Waals surface area contributed by atoms with Crippen molar-refractivity contribution in [2.45, 2.75) is 38.6 Å². The van der Waals surface area contributed by atoms with Crippen LogP contribution in [0, 0.1) is 10.1 Å². The SMILES string of the molecule is CNc1ccc([N+](=O)[O-])c(N2CCCCCC2C)n1. The van der Waals surface area contributed by atoms with Crippen molar-refractivity contribution in [1.29, 1.82) is 0 Å². The van der Waals surface area contributed by atoms with Gasteiger partial charge in [0, 0.05) is 25.7 Å². The molecule has 0 radical (unpaired) electrons. The molecular formula is C13H20N4O2. The van der Waals surface area contributed by atoms with Crippen LogP contribution in [-0.2, 0) is 0 Å². The molecule has 6 heteroatoms. The minimum absolute atomic E-state index is 0.0905. The summed E-state index contributed by atoms with van der Waals surface area (Å²) in [5, 5.41) is 14.1. The second kappa shape index (κ2) is 5.86. The van der Waals surface area contributed by atoms with Crippen molar-refractivity contribution < 1.29 is 4.92 Å². The summed E-state index contributed by atoms with van der Waals surface area (Å²) in [5.74, 6) is 1.16. The van der Waals surface area contributed by atoms with Crippen molar-refractivity contribution in [2.24, 2.45) is 0 Å². The van der Waals surface area contributed by atoms with Crippen LogP contribution in [0.2, 0.25) is 0 Å². The number of nitrogens with one attached hydrogen (secondary N) is 1. The molecule has 1 saturated heterocycles. The second-order valence-corrected chi connectivity index (χ2v) is 4.94. The van der Waals surface area contributed by atoms with Gasteiger partial charge in [-0.1, -0.05) is 12.8 Å². The van der Waals surface area contributed by atoms with Crippen molar-refractivity contribution in [3.05, 3.63) is 22.2 Å². The molecule has 1 fully saturated rings. The number of hydrogen-bond acceptors (Lipinski definition) is 5. The number of anilines is 2. The number of nitrogens with zero attached hydrogens (tertiary/aromatic N) is 3. The summed E-state index contributed by atoms with van der Waals surface area (Å²) in [7, 11) is 1.77. The van der Waals surface area contributed by atoms with Crippen molar-refractivity contribution in [3.63, 3.8) is 0 Å². The molecule has 104 valence electrons. The molecule has 0 amide bonds. The molecule has 2 rings (SSSR count). The van der Waals surface area contributed by atoms with Gasteiger partial charge in [0.15, 0.2) is 0 Å². The first-order chi connectivity index (χ1) is 9.13. The molecule has 1 N–H and O–H groups in total. The predicted octanol–water partition coefficient (Wildman–Crippen LogP) is 2.80. The summed E-state index contributed by atoms with van der Waals surface area (Å²) in [6.07, 6.45) is 4.48. The van der Waals surface area contributed by atoms with Gasteiger partial charge in [-0.3, -0.25) is 10.1 Å². The first kappa shape index (κ1) is 13.6. The minimum atomic E-state index is -0.348. The maximum Gasteiger partial charge on any atom is 0.311 e. The van der Waals surface area contributed by atoms with Crippen LogP contribution in [0.3, 0.4) is 0 Å². The lowest BCUT2D eigenvalue weighted by molar-refractivity contribution is -0.384. The lowest BCUT2D eigenvalue weighted by Crippen LogP contribution is -2.33. The smallest absolute Gasteiger partial charge is 0.311 e. The van der Waals surface area contributed by atoms with E-state index in [-0.39, 0.29) is 10.6 Å². The Bertz CT molecular complexity index is 464. The van der Waals surface area contributed by atoms with Crippen LogP contribution in [0.25, 0.3) is 0 Å². The highest BCUT2D eigenvalue weighted by Crippen LogP contribution is 2.31. The molecule has 1 aliphatic rings. The number of rotatable bonds is 3. The molecule has 0 aliphatic carbocycles. The first-order valence-corrected chi connectivity index (χ1v) is 6.73. The van der Waals surface area contributed by atoms with Gasteiger partial charge < -0.3 is 10.2 Å². The van der Waals surface area contributed by atoms with E-state index in [1.165, 1.54) is 18.9 Å². The van der Waals surface area contributed by atoms with Gasteiger partial charge in [-0.2, -0.15) is 0 Å². The van der Waals surface area contributed by atoms with E-state index in [0.717, 1.165) is 19.4 Å². The van der Waals surface area contributed by atoms with Gasteiger partial charge in [-0.05, 0) is 25.8 Å². The lowest BCUT2D eigenvalue weighted by atomic mass is 10.1. The van der Waals surface area contributed by atoms with E-state index in [0.29, 0.717) is 17.7 Å². The highest BCUT2D eigenvalue weighted by atomic mass is 16.6. The van der Waals surface area contributed by atoms with Crippen LogP contribution in [0.4, 0.5) is 17.3 Å². The Morgan fingerprint density at radius 1 is 1.42 bits per heavy atom. The molecule has 1 aliphatic heterocycles. The minimum Gasteiger partial charge on any atom is -0.373 e. The van der Waals surface area contributed by atoms with E-state index >= 15 is 0 Å². The summed E-state index contributed by atoms with van der Waals surface area (Å²) in [6, 6.07) is 3.47. The third kappa shape index (κ3) is 2.94. The molecule has 1 aromatic heterocycles. The zero-order valence-corrected chi connectivity index (χ0v) is 11.4. The maximum atomic E-state index is 11.2. The van der Waals surface area contributed by atoms with E-state index in [1.807, 2.05) is 0 Å². The number of pyridine rings is 1. The fraction of sp³-hybridized carbons (Fsp3) is 0.615. The van der Waals surface area contributed by atoms with Crippen LogP contribution in [0.15, 0.2) is 12.1 Å². The Balaban J connectivity index is 2.41. The first-order valence-electron chi connectivity index (χ1n) is 6.73. The molecule has 1 atom stereocenters. The fourth-order valence-electron chi connectivity index (χ4n) is 2.52. The lowest BCUT2D eigenvalue weighted by Gasteiger charge is -2.28. The number of nitro groups is 1. The normalized spacial score (nSPS) is 19.9. The standard InChI is InChI=1S/C13H20N4O2/c1-10-6-4-3-5-9-16(10)13-11(17(18)19)7-8-12(14-2)15-13/h7-8,10H,3-6,9H2,1-2H3,(H,14,15). The van der Waals surface area contributed by atoms with Gasteiger partial charge in [-0.25, -0.2) is 4.98 Å². The molecule has 1 unspecified atom stereocenters. The van der Waals surface area contributed by atoms with E-state index < -0.39 is 0 Å². The summed E-state index contributed by atoms with van der Waals surface area (Å²) < 4.78 is 0. The molecular weight excluding hydrogens is 244 g/mol. The van der Waals surface area contributed by atoms with Crippen LogP contribution in [0.1, 0.15) is 32.6 Å². The van der Waals surface area contributed by atoms with Crippen LogP contribution >= 0.6 is 0 Å². The van der Waals surface area contributed by atoms with Gasteiger partial charge in [-0.15, -0.1) is 0 Å². The molecule has 6 nitrogen and oxygen atoms in total. The van der Waals surface area contributed by atoms with Crippen molar-refractivity contribution in [1.82, 2.24) is 4.98 Å². The summed E-state index contributed by atoms with van der Waals surface area (Å²) in [6.45, 7) is 2.95. The van der Waals surface area contributed by atoms with E-state index in [2.05, 4.69) is 22.1 Å². The van der Waals surface area contributed by atoms with Crippen LogP contribution in [-0.4, -0.2) is 29.5 Å². The second-order valence-electron chi connectivity index (χ2n) is 4.94. The van der Waals surface area contributed by atoms with Gasteiger partial charge in [0.1, 0.15) is 5.82 Å². The van der Waals surface area contributed by atoms with E-state index in [4.69, 9.17) is 0 Å². The quantitative estimate of drug-likeness (QED) is 0.671. The zero-order chi connectivity index (χ0) is 13.8. The molecule has 2 heterocycles. The van der Waals surface area contributed by atoms with Gasteiger partial charge in [0.05, 0.1) is 4.92 Å². The number of aromatic nitrogens is 1. The number of hydrogen-bond donors (Lipinski definition) is 1. The fourth-order valence-corrected chi connectivity index (χ4v) is 2.52. The van der Waals surface area contributed by atoms with Crippen LogP contribution in [0.5, 0.6) is 0 Å². The maximum absolute atomic E-state index is 11.2. The molecule has 0 spiro atoms. The molecule has 0 aromatic carbocycles. The largest absolute Gasteiger partial charge is 0.373 e. The van der Waals surface area contributed by atoms with Crippen molar-refractivity contribution >= 4 is 17.3 Å². The molecule has 19 heavy (non-hydrogen) atoms. The molecule has 1 aromatic rings. The summed E-state index contributed by atoms with van der Waals surface area (Å²) in [4.78, 5) is 17.3. The highest BCUT2D eigenvalue weighted by Gasteiger charge is 2.26. The average Bonchev–Trinajstić information content (AvgIpc) is 2.62. The monoisotopic (exact) mass is 264 g/mol. The summed E-state index contributed by atoms with van der Waals surface area (Å²) in [5.41, 5.74) is 0.0905. The molecule has 0 saturated carbocycles. The van der Waals surface area contributed by atoms with Gasteiger partial charge in [0.2, 0.25) is 5.82 Å². The van der Waals surface area contributed by atoms with Gasteiger partial charge >= 0.3 is 5.69 Å². The Morgan fingerprint density at radius 2 is 2.21 bits per heavy atom. The van der Waals surface area contributed by atoms with Gasteiger partial charge in [0.25, 0.3) is 0 Å². The zero-order valence-electron chi connectivity index (χ0n) is 11.4. The Kier molecular flexibility index (Phi) is 4.19. The van der Waals surface area contributed by atoms with Crippen molar-refractivity contribution in [3.8, 4) is 0 Å². The average molecular weight is 264 g/mol. The van der Waals surface area contributed by atoms with Crippen LogP contribution < -0.4 is 10.2 Å². The third-order valence-electron chi connectivity index (χ3n) is 3.63. The van der Waals surface area contributed by atoms with Crippen molar-refractivity contribution in [2.75, 3.05) is 23.8 Å². The Morgan fingerprint density at radius 3 is 2.89 bits per heavy atom. The Labute approximate surface area is 113 Å². The summed E-state index contributed by atoms with van der Waals surface area (Å²) >= 11 is 0. The molecule has 0 bridgehead atoms. The van der Waals surface area contributed by atoms with E-state index in [9.17, 15) is 10.1 Å². The predicted molar refractivity (Wildman–Crippen MR) is 75.7 cm³/mol.